The highest BCUT2D eigenvalue weighted by molar-refractivity contribution is 5.69. The van der Waals surface area contributed by atoms with E-state index in [0.29, 0.717) is 29.8 Å². The molecule has 1 N–H and O–H groups in total. The van der Waals surface area contributed by atoms with E-state index in [4.69, 9.17) is 4.74 Å². The zero-order valence-electron chi connectivity index (χ0n) is 30.6. The van der Waals surface area contributed by atoms with Gasteiger partial charge in [-0.1, -0.05) is 124 Å². The molecule has 4 rings (SSSR count). The first-order valence-electron chi connectivity index (χ1n) is 20.6. The highest BCUT2D eigenvalue weighted by atomic mass is 16.5. The van der Waals surface area contributed by atoms with Gasteiger partial charge in [0, 0.05) is 6.42 Å². The Bertz CT molecular complexity index is 840. The summed E-state index contributed by atoms with van der Waals surface area (Å²) in [6.45, 7) is 10.6. The van der Waals surface area contributed by atoms with Crippen molar-refractivity contribution in [2.45, 2.75) is 207 Å². The maximum absolute atomic E-state index is 12.6. The van der Waals surface area contributed by atoms with Crippen molar-refractivity contribution in [3.8, 4) is 0 Å². The Kier molecular flexibility index (Phi) is 15.6. The number of hydrogen-bond acceptors (Lipinski definition) is 3. The smallest absolute Gasteiger partial charge is 0.305 e. The van der Waals surface area contributed by atoms with Gasteiger partial charge in [-0.2, -0.15) is 0 Å². The van der Waals surface area contributed by atoms with Gasteiger partial charge < -0.3 is 9.84 Å². The maximum Gasteiger partial charge on any atom is 0.305 e. The van der Waals surface area contributed by atoms with Crippen molar-refractivity contribution in [2.24, 2.45) is 46.3 Å². The normalized spacial score (nSPS) is 35.0. The number of carbonyl (C=O) groups is 1. The lowest BCUT2D eigenvalue weighted by Crippen LogP contribution is -2.54. The minimum atomic E-state index is -0.0502. The molecule has 0 spiro atoms. The van der Waals surface area contributed by atoms with Crippen LogP contribution in [0.5, 0.6) is 0 Å². The lowest BCUT2D eigenvalue weighted by molar-refractivity contribution is -0.144. The van der Waals surface area contributed by atoms with Crippen molar-refractivity contribution in [2.75, 3.05) is 6.61 Å². The van der Waals surface area contributed by atoms with Crippen molar-refractivity contribution in [1.29, 1.82) is 0 Å². The van der Waals surface area contributed by atoms with Crippen LogP contribution in [0.15, 0.2) is 0 Å². The topological polar surface area (TPSA) is 46.5 Å². The van der Waals surface area contributed by atoms with Gasteiger partial charge >= 0.3 is 5.97 Å². The first-order chi connectivity index (χ1) is 21.8. The van der Waals surface area contributed by atoms with Crippen LogP contribution in [0.1, 0.15) is 201 Å². The minimum Gasteiger partial charge on any atom is -0.466 e. The van der Waals surface area contributed by atoms with Crippen LogP contribution in [0.4, 0.5) is 0 Å². The van der Waals surface area contributed by atoms with Gasteiger partial charge in [0.05, 0.1) is 12.7 Å². The van der Waals surface area contributed by atoms with Gasteiger partial charge in [-0.25, -0.2) is 0 Å². The standard InChI is InChI=1S/C42H76O3/c1-5-6-7-8-9-10-11-12-13-14-15-16-17-18-19-20-31-45-40(44)26-21-33(2)37-24-25-38-36-23-22-34-32-35(43)27-29-41(34,3)39(36)28-30-42(37,38)4/h33-39,43H,5-32H2,1-4H3/t33-,34-,35-,36+,37-,38+,39+,41+,42-/m1/s1. The van der Waals surface area contributed by atoms with Crippen molar-refractivity contribution < 1.29 is 14.6 Å². The van der Waals surface area contributed by atoms with Crippen molar-refractivity contribution in [3.05, 3.63) is 0 Å². The van der Waals surface area contributed by atoms with Gasteiger partial charge in [-0.15, -0.1) is 0 Å². The molecule has 0 aromatic heterocycles. The molecule has 4 aliphatic carbocycles. The largest absolute Gasteiger partial charge is 0.466 e. The molecule has 45 heavy (non-hydrogen) atoms. The molecular weight excluding hydrogens is 552 g/mol. The first-order valence-corrected chi connectivity index (χ1v) is 20.6. The Labute approximate surface area is 280 Å². The number of unbranched alkanes of at least 4 members (excludes halogenated alkanes) is 15. The van der Waals surface area contributed by atoms with E-state index in [2.05, 4.69) is 27.7 Å². The number of esters is 1. The molecule has 262 valence electrons. The van der Waals surface area contributed by atoms with Crippen molar-refractivity contribution >= 4 is 5.97 Å². The van der Waals surface area contributed by atoms with Crippen LogP contribution in [0.2, 0.25) is 0 Å². The quantitative estimate of drug-likeness (QED) is 0.102. The predicted octanol–water partition coefficient (Wildman–Crippen LogP) is 12.2. The summed E-state index contributed by atoms with van der Waals surface area (Å²) in [6.07, 6.45) is 35.0. The van der Waals surface area contributed by atoms with Gasteiger partial charge in [0.2, 0.25) is 0 Å². The fourth-order valence-corrected chi connectivity index (χ4v) is 11.7. The van der Waals surface area contributed by atoms with E-state index < -0.39 is 0 Å². The molecule has 0 heterocycles. The third-order valence-electron chi connectivity index (χ3n) is 14.5. The van der Waals surface area contributed by atoms with Crippen LogP contribution in [-0.2, 0) is 9.53 Å². The van der Waals surface area contributed by atoms with Crippen LogP contribution in [0, 0.1) is 46.3 Å². The number of rotatable bonds is 21. The van der Waals surface area contributed by atoms with E-state index in [1.165, 1.54) is 141 Å². The van der Waals surface area contributed by atoms with Crippen LogP contribution < -0.4 is 0 Å². The van der Waals surface area contributed by atoms with Gasteiger partial charge in [-0.05, 0) is 117 Å². The summed E-state index contributed by atoms with van der Waals surface area (Å²) in [5, 5.41) is 10.4. The summed E-state index contributed by atoms with van der Waals surface area (Å²) < 4.78 is 5.69. The van der Waals surface area contributed by atoms with E-state index in [1.54, 1.807) is 0 Å². The third kappa shape index (κ3) is 10.2. The summed E-state index contributed by atoms with van der Waals surface area (Å²) >= 11 is 0. The molecular formula is C42H76O3. The predicted molar refractivity (Wildman–Crippen MR) is 190 cm³/mol. The second-order valence-corrected chi connectivity index (χ2v) is 17.4. The Morgan fingerprint density at radius 1 is 0.711 bits per heavy atom. The number of carbonyl (C=O) groups excluding carboxylic acids is 1. The van der Waals surface area contributed by atoms with E-state index >= 15 is 0 Å². The minimum absolute atomic E-state index is 0.0388. The number of ether oxygens (including phenoxy) is 1. The van der Waals surface area contributed by atoms with Crippen molar-refractivity contribution in [1.82, 2.24) is 0 Å². The molecule has 0 radical (unpaired) electrons. The number of aliphatic hydroxyl groups excluding tert-OH is 1. The van der Waals surface area contributed by atoms with Crippen LogP contribution in [0.25, 0.3) is 0 Å². The Balaban J connectivity index is 1.02. The number of fused-ring (bicyclic) bond motifs is 5. The summed E-state index contributed by atoms with van der Waals surface area (Å²) in [6, 6.07) is 0. The molecule has 0 bridgehead atoms. The average molecular weight is 629 g/mol. The molecule has 0 amide bonds. The van der Waals surface area contributed by atoms with Gasteiger partial charge in [-0.3, -0.25) is 4.79 Å². The summed E-state index contributed by atoms with van der Waals surface area (Å²) in [4.78, 5) is 12.6. The molecule has 4 aliphatic rings. The summed E-state index contributed by atoms with van der Waals surface area (Å²) in [5.74, 6) is 4.78. The molecule has 0 aromatic rings. The molecule has 9 atom stereocenters. The Hall–Kier alpha value is -0.570. The van der Waals surface area contributed by atoms with Crippen LogP contribution in [0.3, 0.4) is 0 Å². The van der Waals surface area contributed by atoms with Crippen LogP contribution >= 0.6 is 0 Å². The lowest BCUT2D eigenvalue weighted by Gasteiger charge is -2.61. The Morgan fingerprint density at radius 3 is 1.89 bits per heavy atom. The fourth-order valence-electron chi connectivity index (χ4n) is 11.7. The maximum atomic E-state index is 12.6. The zero-order valence-corrected chi connectivity index (χ0v) is 30.6. The molecule has 4 saturated carbocycles. The highest BCUT2D eigenvalue weighted by Gasteiger charge is 2.60. The monoisotopic (exact) mass is 629 g/mol. The molecule has 3 heteroatoms. The molecule has 4 fully saturated rings. The van der Waals surface area contributed by atoms with E-state index in [9.17, 15) is 9.90 Å². The highest BCUT2D eigenvalue weighted by Crippen LogP contribution is 2.68. The van der Waals surface area contributed by atoms with Gasteiger partial charge in [0.1, 0.15) is 0 Å². The summed E-state index contributed by atoms with van der Waals surface area (Å²) in [5.41, 5.74) is 0.915. The molecule has 0 aromatic carbocycles. The van der Waals surface area contributed by atoms with E-state index in [0.717, 1.165) is 55.3 Å². The molecule has 3 nitrogen and oxygen atoms in total. The SMILES string of the molecule is CCCCCCCCCCCCCCCCCCOC(=O)CC[C@@H](C)[C@H]1CC[C@H]2[C@@H]3CC[C@@H]4C[C@H](O)CC[C@]4(C)[C@H]3CC[C@]12C. The Morgan fingerprint density at radius 2 is 1.27 bits per heavy atom. The number of hydrogen-bond donors (Lipinski definition) is 1. The molecule has 0 unspecified atom stereocenters. The van der Waals surface area contributed by atoms with Gasteiger partial charge in [0.25, 0.3) is 0 Å². The second kappa shape index (κ2) is 18.8. The average Bonchev–Trinajstić information content (AvgIpc) is 3.39. The fraction of sp³-hybridized carbons (Fsp3) is 0.976. The first kappa shape index (κ1) is 37.3. The number of aliphatic hydroxyl groups is 1. The molecule has 0 aliphatic heterocycles. The summed E-state index contributed by atoms with van der Waals surface area (Å²) in [7, 11) is 0. The lowest BCUT2D eigenvalue weighted by atomic mass is 9.44. The third-order valence-corrected chi connectivity index (χ3v) is 14.5. The van der Waals surface area contributed by atoms with Gasteiger partial charge in [0.15, 0.2) is 0 Å². The van der Waals surface area contributed by atoms with E-state index in [-0.39, 0.29) is 12.1 Å². The molecule has 0 saturated heterocycles. The second-order valence-electron chi connectivity index (χ2n) is 17.4. The van der Waals surface area contributed by atoms with Crippen molar-refractivity contribution in [3.63, 3.8) is 0 Å². The van der Waals surface area contributed by atoms with Crippen LogP contribution in [-0.4, -0.2) is 23.8 Å². The van der Waals surface area contributed by atoms with E-state index in [1.807, 2.05) is 0 Å². The zero-order chi connectivity index (χ0) is 32.1.